The molecular formula is C20H45N3. The van der Waals surface area contributed by atoms with Gasteiger partial charge in [0.25, 0.3) is 0 Å². The second-order valence-electron chi connectivity index (χ2n) is 8.89. The molecule has 0 unspecified atom stereocenters. The highest BCUT2D eigenvalue weighted by atomic mass is 15.2. The Morgan fingerprint density at radius 1 is 0.652 bits per heavy atom. The highest BCUT2D eigenvalue weighted by molar-refractivity contribution is 4.79. The summed E-state index contributed by atoms with van der Waals surface area (Å²) in [5.41, 5.74) is 0.266. The van der Waals surface area contributed by atoms with Gasteiger partial charge in [-0.2, -0.15) is 0 Å². The van der Waals surface area contributed by atoms with Gasteiger partial charge in [0.1, 0.15) is 0 Å². The SMILES string of the molecule is CC(C)N(CCCN(C)CCCN(C(C)C)C(C)(C)C)C(C)C. The van der Waals surface area contributed by atoms with Crippen molar-refractivity contribution in [1.82, 2.24) is 14.7 Å². The van der Waals surface area contributed by atoms with Gasteiger partial charge in [-0.15, -0.1) is 0 Å². The molecule has 0 amide bonds. The average molecular weight is 328 g/mol. The molecule has 3 nitrogen and oxygen atoms in total. The van der Waals surface area contributed by atoms with Crippen LogP contribution in [0.2, 0.25) is 0 Å². The van der Waals surface area contributed by atoms with E-state index in [1.54, 1.807) is 0 Å². The van der Waals surface area contributed by atoms with E-state index in [1.165, 1.54) is 39.0 Å². The zero-order valence-corrected chi connectivity index (χ0v) is 17.8. The van der Waals surface area contributed by atoms with Crippen LogP contribution < -0.4 is 0 Å². The first-order valence-corrected chi connectivity index (χ1v) is 9.67. The molecular weight excluding hydrogens is 282 g/mol. The van der Waals surface area contributed by atoms with E-state index >= 15 is 0 Å². The normalized spacial score (nSPS) is 13.6. The molecule has 0 bridgehead atoms. The monoisotopic (exact) mass is 327 g/mol. The molecule has 3 heteroatoms. The minimum atomic E-state index is 0.266. The molecule has 140 valence electrons. The standard InChI is InChI=1S/C20H45N3/c1-17(2)22(18(3)4)15-11-13-21(10)14-12-16-23(19(5)6)20(7,8)9/h17-19H,11-16H2,1-10H3. The lowest BCUT2D eigenvalue weighted by atomic mass is 10.0. The predicted octanol–water partition coefficient (Wildman–Crippen LogP) is 4.33. The van der Waals surface area contributed by atoms with Gasteiger partial charge in [-0.05, 0) is 102 Å². The number of nitrogens with zero attached hydrogens (tertiary/aromatic N) is 3. The van der Waals surface area contributed by atoms with Crippen LogP contribution in [-0.4, -0.2) is 71.6 Å². The second-order valence-corrected chi connectivity index (χ2v) is 8.89. The van der Waals surface area contributed by atoms with Crippen molar-refractivity contribution < 1.29 is 0 Å². The lowest BCUT2D eigenvalue weighted by Crippen LogP contribution is -2.46. The van der Waals surface area contributed by atoms with Crippen LogP contribution in [0.1, 0.15) is 75.2 Å². The third-order valence-electron chi connectivity index (χ3n) is 4.71. The average Bonchev–Trinajstić information content (AvgIpc) is 2.36. The Balaban J connectivity index is 4.06. The fourth-order valence-electron chi connectivity index (χ4n) is 3.63. The summed E-state index contributed by atoms with van der Waals surface area (Å²) < 4.78 is 0. The molecule has 0 aromatic heterocycles. The van der Waals surface area contributed by atoms with Gasteiger partial charge in [-0.3, -0.25) is 9.80 Å². The number of hydrogen-bond acceptors (Lipinski definition) is 3. The molecule has 0 aliphatic heterocycles. The van der Waals surface area contributed by atoms with E-state index in [4.69, 9.17) is 0 Å². The second kappa shape index (κ2) is 10.7. The first-order valence-electron chi connectivity index (χ1n) is 9.67. The van der Waals surface area contributed by atoms with Gasteiger partial charge in [0.05, 0.1) is 0 Å². The zero-order chi connectivity index (χ0) is 18.2. The maximum atomic E-state index is 2.61. The quantitative estimate of drug-likeness (QED) is 0.559. The summed E-state index contributed by atoms with van der Waals surface area (Å²) in [5, 5.41) is 0. The van der Waals surface area contributed by atoms with E-state index in [0.29, 0.717) is 18.1 Å². The van der Waals surface area contributed by atoms with Gasteiger partial charge in [-0.25, -0.2) is 0 Å². The van der Waals surface area contributed by atoms with E-state index in [0.717, 1.165) is 0 Å². The van der Waals surface area contributed by atoms with Gasteiger partial charge < -0.3 is 4.90 Å². The third-order valence-corrected chi connectivity index (χ3v) is 4.71. The van der Waals surface area contributed by atoms with E-state index in [2.05, 4.69) is 84.1 Å². The van der Waals surface area contributed by atoms with Gasteiger partial charge in [0, 0.05) is 30.2 Å². The summed E-state index contributed by atoms with van der Waals surface area (Å²) in [6, 6.07) is 1.91. The van der Waals surface area contributed by atoms with Crippen molar-refractivity contribution in [2.75, 3.05) is 33.2 Å². The Morgan fingerprint density at radius 2 is 1.09 bits per heavy atom. The molecule has 0 N–H and O–H groups in total. The number of rotatable bonds is 11. The van der Waals surface area contributed by atoms with E-state index < -0.39 is 0 Å². The lowest BCUT2D eigenvalue weighted by molar-refractivity contribution is 0.0930. The fourth-order valence-corrected chi connectivity index (χ4v) is 3.63. The van der Waals surface area contributed by atoms with Crippen molar-refractivity contribution in [1.29, 1.82) is 0 Å². The largest absolute Gasteiger partial charge is 0.306 e. The van der Waals surface area contributed by atoms with Crippen LogP contribution in [0.15, 0.2) is 0 Å². The van der Waals surface area contributed by atoms with Gasteiger partial charge in [-0.1, -0.05) is 0 Å². The van der Waals surface area contributed by atoms with Gasteiger partial charge >= 0.3 is 0 Å². The van der Waals surface area contributed by atoms with Crippen LogP contribution in [0.25, 0.3) is 0 Å². The first kappa shape index (κ1) is 22.9. The molecule has 0 aliphatic rings. The molecule has 23 heavy (non-hydrogen) atoms. The van der Waals surface area contributed by atoms with Crippen LogP contribution in [0.5, 0.6) is 0 Å². The third kappa shape index (κ3) is 9.69. The minimum absolute atomic E-state index is 0.266. The zero-order valence-electron chi connectivity index (χ0n) is 17.8. The van der Waals surface area contributed by atoms with Crippen LogP contribution in [0.4, 0.5) is 0 Å². The molecule has 0 atom stereocenters. The van der Waals surface area contributed by atoms with Crippen molar-refractivity contribution in [2.24, 2.45) is 0 Å². The molecule has 0 radical (unpaired) electrons. The van der Waals surface area contributed by atoms with Crippen molar-refractivity contribution in [3.05, 3.63) is 0 Å². The molecule has 0 aromatic rings. The van der Waals surface area contributed by atoms with Crippen molar-refractivity contribution in [3.8, 4) is 0 Å². The van der Waals surface area contributed by atoms with Gasteiger partial charge in [0.2, 0.25) is 0 Å². The summed E-state index contributed by atoms with van der Waals surface area (Å²) in [7, 11) is 2.27. The first-order chi connectivity index (χ1) is 10.5. The molecule has 0 aromatic carbocycles. The Kier molecular flexibility index (Phi) is 10.6. The summed E-state index contributed by atoms with van der Waals surface area (Å²) in [5.74, 6) is 0. The lowest BCUT2D eigenvalue weighted by Gasteiger charge is -2.39. The fraction of sp³-hybridized carbons (Fsp3) is 1.00. The van der Waals surface area contributed by atoms with Crippen molar-refractivity contribution in [3.63, 3.8) is 0 Å². The topological polar surface area (TPSA) is 9.72 Å². The van der Waals surface area contributed by atoms with Gasteiger partial charge in [0.15, 0.2) is 0 Å². The molecule has 0 spiro atoms. The van der Waals surface area contributed by atoms with E-state index in [9.17, 15) is 0 Å². The van der Waals surface area contributed by atoms with E-state index in [1.807, 2.05) is 0 Å². The van der Waals surface area contributed by atoms with Crippen LogP contribution in [0.3, 0.4) is 0 Å². The predicted molar refractivity (Wildman–Crippen MR) is 105 cm³/mol. The van der Waals surface area contributed by atoms with Crippen molar-refractivity contribution >= 4 is 0 Å². The van der Waals surface area contributed by atoms with Crippen molar-refractivity contribution in [2.45, 2.75) is 98.8 Å². The number of hydrogen-bond donors (Lipinski definition) is 0. The van der Waals surface area contributed by atoms with Crippen LogP contribution in [0, 0.1) is 0 Å². The Labute approximate surface area is 147 Å². The molecule has 0 saturated carbocycles. The van der Waals surface area contributed by atoms with E-state index in [-0.39, 0.29) is 5.54 Å². The minimum Gasteiger partial charge on any atom is -0.306 e. The molecule has 0 fully saturated rings. The molecule has 0 heterocycles. The summed E-state index contributed by atoms with van der Waals surface area (Å²) >= 11 is 0. The van der Waals surface area contributed by atoms with Crippen LogP contribution in [-0.2, 0) is 0 Å². The smallest absolute Gasteiger partial charge is 0.0127 e. The summed E-state index contributed by atoms with van der Waals surface area (Å²) in [6.45, 7) is 25.6. The maximum absolute atomic E-state index is 2.61. The molecule has 0 aliphatic carbocycles. The summed E-state index contributed by atoms with van der Waals surface area (Å²) in [6.07, 6.45) is 2.52. The molecule has 0 saturated heterocycles. The van der Waals surface area contributed by atoms with Crippen LogP contribution >= 0.6 is 0 Å². The maximum Gasteiger partial charge on any atom is 0.0127 e. The Morgan fingerprint density at radius 3 is 1.43 bits per heavy atom. The molecule has 0 rings (SSSR count). The Bertz CT molecular complexity index is 284. The highest BCUT2D eigenvalue weighted by Gasteiger charge is 2.23. The summed E-state index contributed by atoms with van der Waals surface area (Å²) in [4.78, 5) is 7.70. The highest BCUT2D eigenvalue weighted by Crippen LogP contribution is 2.17. The Hall–Kier alpha value is -0.120.